The molecule has 210 valence electrons. The van der Waals surface area contributed by atoms with Crippen molar-refractivity contribution in [1.29, 1.82) is 0 Å². The van der Waals surface area contributed by atoms with Crippen molar-refractivity contribution >= 4 is 17.7 Å². The monoisotopic (exact) mass is 530 g/mol. The van der Waals surface area contributed by atoms with E-state index in [1.807, 2.05) is 48.0 Å². The fraction of sp³-hybridized carbons (Fsp3) is 0.750. The lowest BCUT2D eigenvalue weighted by atomic mass is 9.74. The van der Waals surface area contributed by atoms with Gasteiger partial charge in [0.2, 0.25) is 17.7 Å². The second kappa shape index (κ2) is 11.1. The molecule has 5 aliphatic heterocycles. The van der Waals surface area contributed by atoms with Crippen molar-refractivity contribution in [1.82, 2.24) is 19.6 Å². The molecular formula is C28H42N4O6. The number of rotatable bonds is 9. The van der Waals surface area contributed by atoms with Crippen LogP contribution in [0.2, 0.25) is 0 Å². The third-order valence-electron chi connectivity index (χ3n) is 8.81. The average Bonchev–Trinajstić information content (AvgIpc) is 3.17. The first-order valence-electron chi connectivity index (χ1n) is 14.2. The van der Waals surface area contributed by atoms with Crippen LogP contribution < -0.4 is 0 Å². The first-order chi connectivity index (χ1) is 18.4. The molecule has 0 saturated carbocycles. The molecule has 0 bridgehead atoms. The van der Waals surface area contributed by atoms with Crippen LogP contribution in [0.1, 0.15) is 33.1 Å². The Hall–Kier alpha value is -2.27. The van der Waals surface area contributed by atoms with Gasteiger partial charge in [-0.2, -0.15) is 0 Å². The van der Waals surface area contributed by atoms with Crippen LogP contribution in [0.4, 0.5) is 0 Å². The molecule has 0 aromatic carbocycles. The van der Waals surface area contributed by atoms with Gasteiger partial charge in [0, 0.05) is 59.0 Å². The summed E-state index contributed by atoms with van der Waals surface area (Å²) in [5.41, 5.74) is -2.20. The van der Waals surface area contributed by atoms with Gasteiger partial charge in [-0.1, -0.05) is 31.2 Å². The van der Waals surface area contributed by atoms with Crippen molar-refractivity contribution < 1.29 is 29.0 Å². The van der Waals surface area contributed by atoms with Crippen LogP contribution in [-0.2, 0) is 23.9 Å². The third-order valence-corrected chi connectivity index (χ3v) is 8.81. The summed E-state index contributed by atoms with van der Waals surface area (Å²) in [6.45, 7) is 10.2. The maximum atomic E-state index is 14.3. The first kappa shape index (κ1) is 27.3. The number of carbonyl (C=O) groups is 3. The molecule has 0 aromatic heterocycles. The molecule has 10 heteroatoms. The minimum Gasteiger partial charge on any atom is -0.396 e. The van der Waals surface area contributed by atoms with Gasteiger partial charge in [0.05, 0.1) is 30.7 Å². The van der Waals surface area contributed by atoms with E-state index in [2.05, 4.69) is 4.90 Å². The molecule has 0 radical (unpaired) electrons. The molecule has 3 saturated heterocycles. The van der Waals surface area contributed by atoms with Crippen LogP contribution in [0, 0.1) is 11.8 Å². The Kier molecular flexibility index (Phi) is 7.96. The molecule has 1 spiro atoms. The van der Waals surface area contributed by atoms with Crippen LogP contribution >= 0.6 is 0 Å². The lowest BCUT2D eigenvalue weighted by Crippen LogP contribution is -2.56. The summed E-state index contributed by atoms with van der Waals surface area (Å²) in [6, 6.07) is -0.841. The Morgan fingerprint density at radius 2 is 1.61 bits per heavy atom. The minimum absolute atomic E-state index is 0.0211. The van der Waals surface area contributed by atoms with E-state index in [-0.39, 0.29) is 24.3 Å². The average molecular weight is 531 g/mol. The van der Waals surface area contributed by atoms with Crippen molar-refractivity contribution in [3.05, 3.63) is 24.3 Å². The first-order valence-corrected chi connectivity index (χ1v) is 14.2. The molecule has 0 aliphatic carbocycles. The number of aliphatic hydroxyl groups is 1. The number of aliphatic hydroxyl groups excluding tert-OH is 1. The van der Waals surface area contributed by atoms with Gasteiger partial charge < -0.3 is 29.3 Å². The molecule has 38 heavy (non-hydrogen) atoms. The topological polar surface area (TPSA) is 103 Å². The van der Waals surface area contributed by atoms with Crippen molar-refractivity contribution in [2.75, 3.05) is 72.2 Å². The molecule has 5 atom stereocenters. The maximum Gasteiger partial charge on any atom is 0.249 e. The number of fused-ring (bicyclic) bond motifs is 2. The van der Waals surface area contributed by atoms with Gasteiger partial charge in [0.15, 0.2) is 0 Å². The summed E-state index contributed by atoms with van der Waals surface area (Å²) in [6.07, 6.45) is 9.67. The molecule has 10 nitrogen and oxygen atoms in total. The van der Waals surface area contributed by atoms with Crippen LogP contribution in [0.5, 0.6) is 0 Å². The summed E-state index contributed by atoms with van der Waals surface area (Å²) in [5, 5.41) is 9.38. The van der Waals surface area contributed by atoms with Crippen molar-refractivity contribution in [3.8, 4) is 0 Å². The highest BCUT2D eigenvalue weighted by molar-refractivity contribution is 6.00. The Morgan fingerprint density at radius 1 is 0.895 bits per heavy atom. The zero-order valence-corrected chi connectivity index (χ0v) is 22.7. The predicted octanol–water partition coefficient (Wildman–Crippen LogP) is 0.269. The van der Waals surface area contributed by atoms with Gasteiger partial charge >= 0.3 is 0 Å². The number of ether oxygens (including phenoxy) is 2. The van der Waals surface area contributed by atoms with E-state index in [9.17, 15) is 19.5 Å². The predicted molar refractivity (Wildman–Crippen MR) is 140 cm³/mol. The van der Waals surface area contributed by atoms with E-state index in [0.717, 1.165) is 26.1 Å². The van der Waals surface area contributed by atoms with Crippen molar-refractivity contribution in [3.63, 3.8) is 0 Å². The number of hydrogen-bond donors (Lipinski definition) is 1. The van der Waals surface area contributed by atoms with Crippen LogP contribution in [-0.4, -0.2) is 132 Å². The quantitative estimate of drug-likeness (QED) is 0.337. The number of likely N-dealkylation sites (tertiary alicyclic amines) is 1. The standard InChI is InChI=1S/C28H42N4O6/c1-3-10-30-11-6-8-27(2)21(24(30)34)22-25(35)32(13-4-5-18-33)23-26(36)31(12-7-9-28(22,23)38-27)15-14-29-16-19-37-20-17-29/h6-9,21-23,33H,3-5,10-20H2,1-2H3/t21-,22+,23?,27+,28+/m1/s1. The number of unbranched alkanes of at least 4 members (excludes halogenated alkanes) is 1. The normalized spacial score (nSPS) is 35.4. The number of nitrogens with zero attached hydrogens (tertiary/aromatic N) is 4. The van der Waals surface area contributed by atoms with Gasteiger partial charge in [-0.25, -0.2) is 0 Å². The summed E-state index contributed by atoms with van der Waals surface area (Å²) in [4.78, 5) is 49.9. The largest absolute Gasteiger partial charge is 0.396 e. The van der Waals surface area contributed by atoms with E-state index >= 15 is 0 Å². The van der Waals surface area contributed by atoms with E-state index in [1.54, 1.807) is 4.90 Å². The van der Waals surface area contributed by atoms with E-state index < -0.39 is 29.1 Å². The van der Waals surface area contributed by atoms with Crippen molar-refractivity contribution in [2.45, 2.75) is 50.4 Å². The third kappa shape index (κ3) is 4.59. The Morgan fingerprint density at radius 3 is 2.32 bits per heavy atom. The molecule has 5 rings (SSSR count). The molecule has 5 heterocycles. The van der Waals surface area contributed by atoms with Gasteiger partial charge in [-0.15, -0.1) is 0 Å². The number of morpholine rings is 1. The summed E-state index contributed by atoms with van der Waals surface area (Å²) >= 11 is 0. The lowest BCUT2D eigenvalue weighted by Gasteiger charge is -2.38. The number of amides is 3. The van der Waals surface area contributed by atoms with Crippen molar-refractivity contribution in [2.24, 2.45) is 11.8 Å². The summed E-state index contributed by atoms with van der Waals surface area (Å²) < 4.78 is 12.3. The molecule has 3 fully saturated rings. The second-order valence-electron chi connectivity index (χ2n) is 11.3. The minimum atomic E-state index is -1.21. The highest BCUT2D eigenvalue weighted by Gasteiger charge is 2.74. The lowest BCUT2D eigenvalue weighted by molar-refractivity contribution is -0.152. The van der Waals surface area contributed by atoms with Gasteiger partial charge in [0.1, 0.15) is 11.6 Å². The Labute approximate surface area is 225 Å². The molecular weight excluding hydrogens is 488 g/mol. The maximum absolute atomic E-state index is 14.3. The Bertz CT molecular complexity index is 980. The SMILES string of the molecule is CCCN1CC=C[C@]2(C)O[C@]34C=CCN(CCN5CCOCC5)C(=O)C3N(CCCCO)C(=O)[C@@H]4[C@@H]2C1=O. The van der Waals surface area contributed by atoms with Gasteiger partial charge in [-0.05, 0) is 26.2 Å². The van der Waals surface area contributed by atoms with E-state index in [0.29, 0.717) is 58.8 Å². The van der Waals surface area contributed by atoms with Crippen LogP contribution in [0.15, 0.2) is 24.3 Å². The number of carbonyl (C=O) groups excluding carboxylic acids is 3. The fourth-order valence-electron chi connectivity index (χ4n) is 7.01. The van der Waals surface area contributed by atoms with E-state index in [4.69, 9.17) is 9.47 Å². The zero-order chi connectivity index (χ0) is 26.9. The number of hydrogen-bond acceptors (Lipinski definition) is 7. The van der Waals surface area contributed by atoms with Gasteiger partial charge in [-0.3, -0.25) is 19.3 Å². The smallest absolute Gasteiger partial charge is 0.249 e. The highest BCUT2D eigenvalue weighted by Crippen LogP contribution is 2.57. The Balaban J connectivity index is 1.49. The molecule has 5 aliphatic rings. The zero-order valence-electron chi connectivity index (χ0n) is 22.7. The molecule has 1 unspecified atom stereocenters. The molecule has 1 N–H and O–H groups in total. The molecule has 3 amide bonds. The van der Waals surface area contributed by atoms with Crippen LogP contribution in [0.25, 0.3) is 0 Å². The van der Waals surface area contributed by atoms with Gasteiger partial charge in [0.25, 0.3) is 0 Å². The fourth-order valence-corrected chi connectivity index (χ4v) is 7.01. The van der Waals surface area contributed by atoms with Crippen LogP contribution in [0.3, 0.4) is 0 Å². The highest BCUT2D eigenvalue weighted by atomic mass is 16.5. The molecule has 0 aromatic rings. The second-order valence-corrected chi connectivity index (χ2v) is 11.3. The van der Waals surface area contributed by atoms with E-state index in [1.165, 1.54) is 0 Å². The summed E-state index contributed by atoms with van der Waals surface area (Å²) in [5.74, 6) is -1.90. The summed E-state index contributed by atoms with van der Waals surface area (Å²) in [7, 11) is 0.